The molecule has 0 aliphatic carbocycles. The molecule has 10 heteroatoms. The van der Waals surface area contributed by atoms with Crippen molar-refractivity contribution in [2.75, 3.05) is 31.7 Å². The summed E-state index contributed by atoms with van der Waals surface area (Å²) in [6.07, 6.45) is 2.44. The van der Waals surface area contributed by atoms with E-state index in [-0.39, 0.29) is 35.4 Å². The van der Waals surface area contributed by atoms with Crippen molar-refractivity contribution in [3.63, 3.8) is 0 Å². The first kappa shape index (κ1) is 23.2. The number of benzene rings is 1. The minimum absolute atomic E-state index is 0.0116. The lowest BCUT2D eigenvalue weighted by Gasteiger charge is -2.48. The molecule has 0 spiro atoms. The van der Waals surface area contributed by atoms with Crippen molar-refractivity contribution >= 4 is 39.1 Å². The van der Waals surface area contributed by atoms with Crippen LogP contribution in [-0.2, 0) is 20.2 Å². The van der Waals surface area contributed by atoms with Crippen molar-refractivity contribution in [1.29, 1.82) is 0 Å². The highest BCUT2D eigenvalue weighted by Crippen LogP contribution is 2.41. The summed E-state index contributed by atoms with van der Waals surface area (Å²) in [6.45, 7) is 4.06. The number of amides is 2. The number of pyridine rings is 1. The molecule has 1 aliphatic rings. The van der Waals surface area contributed by atoms with Crippen LogP contribution in [0.4, 0.5) is 5.69 Å². The first-order valence-electron chi connectivity index (χ1n) is 9.73. The number of sulfonamides is 1. The summed E-state index contributed by atoms with van der Waals surface area (Å²) >= 11 is 5.93. The van der Waals surface area contributed by atoms with Crippen molar-refractivity contribution < 1.29 is 18.0 Å². The first-order chi connectivity index (χ1) is 14.5. The molecule has 2 amide bonds. The zero-order valence-electron chi connectivity index (χ0n) is 17.8. The highest BCUT2D eigenvalue weighted by atomic mass is 35.5. The quantitative estimate of drug-likeness (QED) is 0.638. The highest BCUT2D eigenvalue weighted by Gasteiger charge is 2.54. The number of hydrogen-bond acceptors (Lipinski definition) is 5. The molecule has 0 unspecified atom stereocenters. The Morgan fingerprint density at radius 1 is 1.23 bits per heavy atom. The maximum Gasteiger partial charge on any atom is 0.253 e. The second kappa shape index (κ2) is 8.57. The number of anilines is 1. The number of carbonyl (C=O) groups excluding carboxylic acids is 2. The monoisotopic (exact) mass is 464 g/mol. The molecular formula is C21H25ClN4O4S. The average Bonchev–Trinajstić information content (AvgIpc) is 2.67. The normalized spacial score (nSPS) is 15.9. The van der Waals surface area contributed by atoms with Crippen LogP contribution in [0.1, 0.15) is 41.3 Å². The maximum atomic E-state index is 13.6. The molecule has 1 saturated heterocycles. The molecule has 1 aromatic heterocycles. The summed E-state index contributed by atoms with van der Waals surface area (Å²) in [5.74, 6) is -0.704. The first-order valence-corrected chi connectivity index (χ1v) is 12.0. The number of halogens is 1. The molecule has 1 aliphatic heterocycles. The van der Waals surface area contributed by atoms with Gasteiger partial charge in [0, 0.05) is 20.1 Å². The van der Waals surface area contributed by atoms with E-state index in [1.165, 1.54) is 23.6 Å². The van der Waals surface area contributed by atoms with E-state index in [2.05, 4.69) is 15.6 Å². The average molecular weight is 465 g/mol. The van der Waals surface area contributed by atoms with Crippen molar-refractivity contribution in [2.45, 2.75) is 25.2 Å². The fraction of sp³-hybridized carbons (Fsp3) is 0.381. The van der Waals surface area contributed by atoms with E-state index in [1.807, 2.05) is 38.1 Å². The second-order valence-corrected chi connectivity index (χ2v) is 10.3. The van der Waals surface area contributed by atoms with E-state index in [0.29, 0.717) is 0 Å². The van der Waals surface area contributed by atoms with Crippen molar-refractivity contribution in [2.24, 2.45) is 0 Å². The predicted molar refractivity (Wildman–Crippen MR) is 120 cm³/mol. The zero-order chi connectivity index (χ0) is 23.0. The van der Waals surface area contributed by atoms with Gasteiger partial charge in [0.05, 0.1) is 23.7 Å². The van der Waals surface area contributed by atoms with Crippen LogP contribution in [0.25, 0.3) is 0 Å². The fourth-order valence-corrected chi connectivity index (χ4v) is 4.82. The van der Waals surface area contributed by atoms with Crippen LogP contribution in [0.5, 0.6) is 0 Å². The van der Waals surface area contributed by atoms with Crippen LogP contribution in [0.2, 0.25) is 5.15 Å². The lowest BCUT2D eigenvalue weighted by atomic mass is 9.71. The van der Waals surface area contributed by atoms with Gasteiger partial charge in [-0.1, -0.05) is 49.7 Å². The predicted octanol–water partition coefficient (Wildman–Crippen LogP) is 2.37. The molecule has 0 saturated carbocycles. The topological polar surface area (TPSA) is 108 Å². The van der Waals surface area contributed by atoms with E-state index in [0.717, 1.165) is 17.4 Å². The van der Waals surface area contributed by atoms with Gasteiger partial charge in [0.25, 0.3) is 5.91 Å². The number of nitrogens with zero attached hydrogens (tertiary/aromatic N) is 2. The Morgan fingerprint density at radius 2 is 1.87 bits per heavy atom. The Morgan fingerprint density at radius 3 is 2.45 bits per heavy atom. The Kier molecular flexibility index (Phi) is 6.40. The molecule has 3 rings (SSSR count). The summed E-state index contributed by atoms with van der Waals surface area (Å²) < 4.78 is 25.4. The van der Waals surface area contributed by atoms with Gasteiger partial charge < -0.3 is 10.6 Å². The van der Waals surface area contributed by atoms with Crippen LogP contribution < -0.4 is 10.6 Å². The van der Waals surface area contributed by atoms with Gasteiger partial charge >= 0.3 is 0 Å². The maximum absolute atomic E-state index is 13.6. The minimum Gasteiger partial charge on any atom is -0.355 e. The van der Waals surface area contributed by atoms with Gasteiger partial charge in [0.2, 0.25) is 15.9 Å². The molecule has 2 aromatic rings. The minimum atomic E-state index is -3.46. The summed E-state index contributed by atoms with van der Waals surface area (Å²) in [5.41, 5.74) is 1.01. The summed E-state index contributed by atoms with van der Waals surface area (Å²) in [5, 5.41) is 5.41. The standard InChI is InChI=1S/C21H25ClN4O4S/c1-13(2)14-7-5-6-8-16(14)21(11-26(12-21)31(4,29)30)20(28)25-17-10-24-18(22)9-15(17)19(27)23-3/h5-10,13H,11-12H2,1-4H3,(H,23,27)(H,25,28). The van der Waals surface area contributed by atoms with Gasteiger partial charge in [-0.25, -0.2) is 13.4 Å². The summed E-state index contributed by atoms with van der Waals surface area (Å²) in [7, 11) is -1.99. The number of nitrogens with one attached hydrogen (secondary N) is 2. The van der Waals surface area contributed by atoms with Crippen LogP contribution in [0.3, 0.4) is 0 Å². The molecule has 1 fully saturated rings. The molecule has 8 nitrogen and oxygen atoms in total. The highest BCUT2D eigenvalue weighted by molar-refractivity contribution is 7.88. The molecule has 2 N–H and O–H groups in total. The number of aromatic nitrogens is 1. The lowest BCUT2D eigenvalue weighted by molar-refractivity contribution is -0.125. The molecule has 1 aromatic carbocycles. The molecule has 0 radical (unpaired) electrons. The molecule has 0 atom stereocenters. The summed E-state index contributed by atoms with van der Waals surface area (Å²) in [4.78, 5) is 29.8. The van der Waals surface area contributed by atoms with Crippen LogP contribution >= 0.6 is 11.6 Å². The van der Waals surface area contributed by atoms with E-state index in [4.69, 9.17) is 11.6 Å². The van der Waals surface area contributed by atoms with E-state index >= 15 is 0 Å². The molecule has 31 heavy (non-hydrogen) atoms. The number of carbonyl (C=O) groups is 2. The Labute approximate surface area is 187 Å². The molecule has 166 valence electrons. The summed E-state index contributed by atoms with van der Waals surface area (Å²) in [6, 6.07) is 8.89. The van der Waals surface area contributed by atoms with Crippen LogP contribution in [0, 0.1) is 0 Å². The van der Waals surface area contributed by atoms with Crippen LogP contribution in [-0.4, -0.2) is 55.9 Å². The second-order valence-electron chi connectivity index (χ2n) is 7.94. The Bertz CT molecular complexity index is 1130. The van der Waals surface area contributed by atoms with E-state index < -0.39 is 27.3 Å². The Hall–Kier alpha value is -2.49. The number of rotatable bonds is 6. The van der Waals surface area contributed by atoms with Gasteiger partial charge in [-0.05, 0) is 23.1 Å². The molecule has 0 bridgehead atoms. The van der Waals surface area contributed by atoms with Gasteiger partial charge in [-0.2, -0.15) is 4.31 Å². The number of hydrogen-bond donors (Lipinski definition) is 2. The third-order valence-electron chi connectivity index (χ3n) is 5.49. The van der Waals surface area contributed by atoms with Crippen molar-refractivity contribution in [1.82, 2.24) is 14.6 Å². The Balaban J connectivity index is 2.05. The van der Waals surface area contributed by atoms with Gasteiger partial charge in [0.15, 0.2) is 0 Å². The van der Waals surface area contributed by atoms with Gasteiger partial charge in [-0.3, -0.25) is 9.59 Å². The molecular weight excluding hydrogens is 440 g/mol. The van der Waals surface area contributed by atoms with Crippen LogP contribution in [0.15, 0.2) is 36.5 Å². The van der Waals surface area contributed by atoms with E-state index in [1.54, 1.807) is 0 Å². The lowest BCUT2D eigenvalue weighted by Crippen LogP contribution is -2.66. The fourth-order valence-electron chi connectivity index (χ4n) is 3.76. The third kappa shape index (κ3) is 4.44. The van der Waals surface area contributed by atoms with Gasteiger partial charge in [-0.15, -0.1) is 0 Å². The SMILES string of the molecule is CNC(=O)c1cc(Cl)ncc1NC(=O)C1(c2ccccc2C(C)C)CN(S(C)(=O)=O)C1. The zero-order valence-corrected chi connectivity index (χ0v) is 19.3. The third-order valence-corrected chi connectivity index (χ3v) is 6.89. The smallest absolute Gasteiger partial charge is 0.253 e. The van der Waals surface area contributed by atoms with Gasteiger partial charge in [0.1, 0.15) is 10.6 Å². The van der Waals surface area contributed by atoms with Crippen molar-refractivity contribution in [3.8, 4) is 0 Å². The molecule has 2 heterocycles. The van der Waals surface area contributed by atoms with E-state index in [9.17, 15) is 18.0 Å². The largest absolute Gasteiger partial charge is 0.355 e. The van der Waals surface area contributed by atoms with Crippen molar-refractivity contribution in [3.05, 3.63) is 58.4 Å².